The highest BCUT2D eigenvalue weighted by Crippen LogP contribution is 2.19. The number of aromatic nitrogens is 1. The van der Waals surface area contributed by atoms with Gasteiger partial charge in [0.1, 0.15) is 6.04 Å². The summed E-state index contributed by atoms with van der Waals surface area (Å²) in [5.41, 5.74) is 2.29. The van der Waals surface area contributed by atoms with Gasteiger partial charge in [-0.2, -0.15) is 0 Å². The second kappa shape index (κ2) is 7.97. The molecule has 0 aliphatic rings. The van der Waals surface area contributed by atoms with Gasteiger partial charge in [-0.1, -0.05) is 18.2 Å². The first-order valence-electron chi connectivity index (χ1n) is 8.22. The van der Waals surface area contributed by atoms with E-state index in [2.05, 4.69) is 15.6 Å². The van der Waals surface area contributed by atoms with Crippen LogP contribution in [-0.4, -0.2) is 35.6 Å². The summed E-state index contributed by atoms with van der Waals surface area (Å²) >= 11 is 5.19. The maximum atomic E-state index is 11.7. The van der Waals surface area contributed by atoms with Crippen molar-refractivity contribution in [2.24, 2.45) is 5.14 Å². The van der Waals surface area contributed by atoms with Crippen LogP contribution < -0.4 is 15.8 Å². The van der Waals surface area contributed by atoms with Crippen molar-refractivity contribution in [1.82, 2.24) is 10.3 Å². The molecular weight excluding hydrogens is 400 g/mol. The summed E-state index contributed by atoms with van der Waals surface area (Å²) in [7, 11) is -3.78. The summed E-state index contributed by atoms with van der Waals surface area (Å²) in [5, 5.41) is 21.3. The maximum absolute atomic E-state index is 11.7. The molecule has 28 heavy (non-hydrogen) atoms. The van der Waals surface area contributed by atoms with Gasteiger partial charge in [0, 0.05) is 29.2 Å². The number of carboxylic acids is 1. The van der Waals surface area contributed by atoms with Crippen LogP contribution in [0, 0.1) is 0 Å². The van der Waals surface area contributed by atoms with Crippen molar-refractivity contribution >= 4 is 49.9 Å². The number of nitrogens with one attached hydrogen (secondary N) is 3. The van der Waals surface area contributed by atoms with Crippen LogP contribution in [0.5, 0.6) is 0 Å². The zero-order valence-corrected chi connectivity index (χ0v) is 16.2. The minimum absolute atomic E-state index is 0.0281. The van der Waals surface area contributed by atoms with Crippen molar-refractivity contribution in [2.45, 2.75) is 17.4 Å². The number of rotatable bonds is 6. The molecule has 8 nitrogen and oxygen atoms in total. The molecule has 2 aromatic carbocycles. The third kappa shape index (κ3) is 4.66. The van der Waals surface area contributed by atoms with Gasteiger partial charge < -0.3 is 20.7 Å². The summed E-state index contributed by atoms with van der Waals surface area (Å²) in [6.45, 7) is 0. The quantitative estimate of drug-likeness (QED) is 0.385. The van der Waals surface area contributed by atoms with Gasteiger partial charge in [-0.25, -0.2) is 18.4 Å². The maximum Gasteiger partial charge on any atom is 0.326 e. The molecule has 0 saturated heterocycles. The number of carbonyl (C=O) groups is 1. The normalized spacial score (nSPS) is 12.5. The highest BCUT2D eigenvalue weighted by atomic mass is 32.2. The Labute approximate surface area is 166 Å². The lowest BCUT2D eigenvalue weighted by Gasteiger charge is -2.17. The van der Waals surface area contributed by atoms with Crippen molar-refractivity contribution < 1.29 is 18.3 Å². The molecule has 1 heterocycles. The second-order valence-corrected chi connectivity index (χ2v) is 8.09. The molecule has 0 aliphatic heterocycles. The highest BCUT2D eigenvalue weighted by molar-refractivity contribution is 7.89. The molecule has 0 spiro atoms. The van der Waals surface area contributed by atoms with E-state index in [-0.39, 0.29) is 16.4 Å². The SMILES string of the molecule is NS(=O)(=O)c1ccc(NC(=S)N[C@@H](Cc2c[nH]c3ccccc23)C(=O)O)cc1. The third-order valence-corrected chi connectivity index (χ3v) is 5.29. The van der Waals surface area contributed by atoms with Crippen LogP contribution in [-0.2, 0) is 21.2 Å². The van der Waals surface area contributed by atoms with Crippen LogP contribution in [0.15, 0.2) is 59.6 Å². The highest BCUT2D eigenvalue weighted by Gasteiger charge is 2.20. The monoisotopic (exact) mass is 418 g/mol. The number of hydrogen-bond donors (Lipinski definition) is 5. The number of nitrogens with two attached hydrogens (primary N) is 1. The molecule has 0 saturated carbocycles. The summed E-state index contributed by atoms with van der Waals surface area (Å²) in [6.07, 6.45) is 2.01. The van der Waals surface area contributed by atoms with Gasteiger partial charge in [-0.15, -0.1) is 0 Å². The van der Waals surface area contributed by atoms with E-state index < -0.39 is 22.0 Å². The molecule has 3 aromatic rings. The lowest BCUT2D eigenvalue weighted by Crippen LogP contribution is -2.44. The molecule has 6 N–H and O–H groups in total. The molecule has 0 unspecified atom stereocenters. The largest absolute Gasteiger partial charge is 0.480 e. The molecule has 3 rings (SSSR count). The fraction of sp³-hybridized carbons (Fsp3) is 0.111. The van der Waals surface area contributed by atoms with Crippen LogP contribution in [0.3, 0.4) is 0 Å². The predicted molar refractivity (Wildman–Crippen MR) is 111 cm³/mol. The first kappa shape index (κ1) is 19.8. The molecule has 146 valence electrons. The Morgan fingerprint density at radius 1 is 1.18 bits per heavy atom. The zero-order valence-electron chi connectivity index (χ0n) is 14.5. The summed E-state index contributed by atoms with van der Waals surface area (Å²) in [4.78, 5) is 14.8. The lowest BCUT2D eigenvalue weighted by molar-refractivity contribution is -0.139. The lowest BCUT2D eigenvalue weighted by atomic mass is 10.1. The molecular formula is C18H18N4O4S2. The van der Waals surface area contributed by atoms with Gasteiger partial charge in [0.05, 0.1) is 4.90 Å². The Morgan fingerprint density at radius 2 is 1.86 bits per heavy atom. The number of primary sulfonamides is 1. The second-order valence-electron chi connectivity index (χ2n) is 6.12. The average molecular weight is 419 g/mol. The Balaban J connectivity index is 1.68. The third-order valence-electron chi connectivity index (χ3n) is 4.14. The number of benzene rings is 2. The predicted octanol–water partition coefficient (Wildman–Crippen LogP) is 1.80. The first-order chi connectivity index (χ1) is 13.2. The van der Waals surface area contributed by atoms with Crippen LogP contribution in [0.1, 0.15) is 5.56 Å². The van der Waals surface area contributed by atoms with Gasteiger partial charge in [0.15, 0.2) is 5.11 Å². The van der Waals surface area contributed by atoms with E-state index in [0.29, 0.717) is 5.69 Å². The van der Waals surface area contributed by atoms with Gasteiger partial charge in [0.25, 0.3) is 0 Å². The van der Waals surface area contributed by atoms with E-state index in [1.807, 2.05) is 24.3 Å². The topological polar surface area (TPSA) is 137 Å². The van der Waals surface area contributed by atoms with Crippen LogP contribution in [0.4, 0.5) is 5.69 Å². The number of H-pyrrole nitrogens is 1. The number of thiocarbonyl (C=S) groups is 1. The van der Waals surface area contributed by atoms with Crippen molar-refractivity contribution in [2.75, 3.05) is 5.32 Å². The van der Waals surface area contributed by atoms with Crippen molar-refractivity contribution in [1.29, 1.82) is 0 Å². The first-order valence-corrected chi connectivity index (χ1v) is 10.2. The molecule has 0 aliphatic carbocycles. The number of para-hydroxylation sites is 1. The van der Waals surface area contributed by atoms with E-state index in [4.69, 9.17) is 17.4 Å². The average Bonchev–Trinajstić information content (AvgIpc) is 3.04. The number of aliphatic carboxylic acids is 1. The smallest absolute Gasteiger partial charge is 0.326 e. The van der Waals surface area contributed by atoms with E-state index in [9.17, 15) is 18.3 Å². The number of aromatic amines is 1. The fourth-order valence-electron chi connectivity index (χ4n) is 2.77. The molecule has 1 aromatic heterocycles. The standard InChI is InChI=1S/C18H18N4O4S2/c19-28(25,26)13-7-5-12(6-8-13)21-18(27)22-16(17(23)24)9-11-10-20-15-4-2-1-3-14(11)15/h1-8,10,16,20H,9H2,(H,23,24)(H2,19,25,26)(H2,21,22,27)/t16-/m0/s1. The molecule has 0 bridgehead atoms. The van der Waals surface area contributed by atoms with Crippen LogP contribution in [0.2, 0.25) is 0 Å². The molecule has 0 radical (unpaired) electrons. The number of carboxylic acid groups (broad SMARTS) is 1. The summed E-state index contributed by atoms with van der Waals surface area (Å²) < 4.78 is 22.6. The number of sulfonamides is 1. The van der Waals surface area contributed by atoms with Gasteiger partial charge in [-0.3, -0.25) is 0 Å². The Morgan fingerprint density at radius 3 is 2.50 bits per heavy atom. The molecule has 10 heteroatoms. The number of fused-ring (bicyclic) bond motifs is 1. The Bertz CT molecular complexity index is 1120. The molecule has 1 atom stereocenters. The van der Waals surface area contributed by atoms with E-state index >= 15 is 0 Å². The summed E-state index contributed by atoms with van der Waals surface area (Å²) in [5.74, 6) is -1.04. The Hall–Kier alpha value is -2.95. The van der Waals surface area contributed by atoms with E-state index in [1.54, 1.807) is 6.20 Å². The minimum atomic E-state index is -3.78. The minimum Gasteiger partial charge on any atom is -0.480 e. The van der Waals surface area contributed by atoms with Crippen molar-refractivity contribution in [3.8, 4) is 0 Å². The van der Waals surface area contributed by atoms with Gasteiger partial charge in [-0.05, 0) is 48.1 Å². The molecule has 0 fully saturated rings. The fourth-order valence-corrected chi connectivity index (χ4v) is 3.55. The van der Waals surface area contributed by atoms with Crippen molar-refractivity contribution in [3.05, 3.63) is 60.3 Å². The van der Waals surface area contributed by atoms with E-state index in [0.717, 1.165) is 16.5 Å². The number of hydrogen-bond acceptors (Lipinski definition) is 4. The van der Waals surface area contributed by atoms with Gasteiger partial charge >= 0.3 is 5.97 Å². The van der Waals surface area contributed by atoms with Gasteiger partial charge in [0.2, 0.25) is 10.0 Å². The van der Waals surface area contributed by atoms with Crippen LogP contribution >= 0.6 is 12.2 Å². The van der Waals surface area contributed by atoms with E-state index in [1.165, 1.54) is 24.3 Å². The van der Waals surface area contributed by atoms with Crippen LogP contribution in [0.25, 0.3) is 10.9 Å². The van der Waals surface area contributed by atoms with Crippen molar-refractivity contribution in [3.63, 3.8) is 0 Å². The number of anilines is 1. The summed E-state index contributed by atoms with van der Waals surface area (Å²) in [6, 6.07) is 12.3. The molecule has 0 amide bonds. The Kier molecular flexibility index (Phi) is 5.63. The zero-order chi connectivity index (χ0) is 20.3.